The minimum absolute atomic E-state index is 0.00790. The number of carbonyl (C=O) groups excluding carboxylic acids is 1. The van der Waals surface area contributed by atoms with Crippen LogP contribution in [0.25, 0.3) is 6.08 Å². The SMILES string of the molecule is N#CC(=Cc1c(F)cccc1Cl)C(=O)Nc1ccc(N2CCOCC2)cc1. The van der Waals surface area contributed by atoms with Crippen LogP contribution in [-0.4, -0.2) is 32.2 Å². The van der Waals surface area contributed by atoms with E-state index in [1.165, 1.54) is 18.2 Å². The Labute approximate surface area is 161 Å². The van der Waals surface area contributed by atoms with E-state index in [4.69, 9.17) is 16.3 Å². The van der Waals surface area contributed by atoms with E-state index in [-0.39, 0.29) is 16.2 Å². The molecular weight excluding hydrogens is 369 g/mol. The summed E-state index contributed by atoms with van der Waals surface area (Å²) in [5.41, 5.74) is 1.34. The summed E-state index contributed by atoms with van der Waals surface area (Å²) in [6, 6.07) is 13.3. The molecule has 0 saturated carbocycles. The van der Waals surface area contributed by atoms with Crippen molar-refractivity contribution >= 4 is 35.0 Å². The van der Waals surface area contributed by atoms with Gasteiger partial charge in [0.05, 0.1) is 18.2 Å². The second-order valence-electron chi connectivity index (χ2n) is 5.91. The number of hydrogen-bond acceptors (Lipinski definition) is 4. The summed E-state index contributed by atoms with van der Waals surface area (Å²) in [6.45, 7) is 3.01. The van der Waals surface area contributed by atoms with Crippen LogP contribution in [0.5, 0.6) is 0 Å². The van der Waals surface area contributed by atoms with E-state index in [0.29, 0.717) is 18.9 Å². The van der Waals surface area contributed by atoms with Crippen molar-refractivity contribution in [3.63, 3.8) is 0 Å². The van der Waals surface area contributed by atoms with Crippen molar-refractivity contribution in [3.8, 4) is 6.07 Å². The van der Waals surface area contributed by atoms with Crippen molar-refractivity contribution in [1.82, 2.24) is 0 Å². The largest absolute Gasteiger partial charge is 0.378 e. The number of carbonyl (C=O) groups is 1. The van der Waals surface area contributed by atoms with Crippen LogP contribution >= 0.6 is 11.6 Å². The lowest BCUT2D eigenvalue weighted by Crippen LogP contribution is -2.36. The third kappa shape index (κ3) is 4.64. The Morgan fingerprint density at radius 3 is 2.56 bits per heavy atom. The van der Waals surface area contributed by atoms with E-state index in [2.05, 4.69) is 10.2 Å². The fourth-order valence-corrected chi connectivity index (χ4v) is 2.93. The highest BCUT2D eigenvalue weighted by molar-refractivity contribution is 6.32. The number of nitrogens with zero attached hydrogens (tertiary/aromatic N) is 2. The quantitative estimate of drug-likeness (QED) is 0.641. The summed E-state index contributed by atoms with van der Waals surface area (Å²) in [5, 5.41) is 12.0. The molecule has 0 radical (unpaired) electrons. The number of anilines is 2. The maximum absolute atomic E-state index is 13.9. The van der Waals surface area contributed by atoms with Crippen LogP contribution in [0.1, 0.15) is 5.56 Å². The Balaban J connectivity index is 1.73. The van der Waals surface area contributed by atoms with Crippen molar-refractivity contribution in [2.75, 3.05) is 36.5 Å². The van der Waals surface area contributed by atoms with E-state index >= 15 is 0 Å². The van der Waals surface area contributed by atoms with Crippen LogP contribution in [0, 0.1) is 17.1 Å². The lowest BCUT2D eigenvalue weighted by Gasteiger charge is -2.28. The first-order chi connectivity index (χ1) is 13.1. The van der Waals surface area contributed by atoms with Gasteiger partial charge in [-0.3, -0.25) is 4.79 Å². The maximum atomic E-state index is 13.9. The molecule has 2 aromatic carbocycles. The molecule has 0 bridgehead atoms. The Bertz CT molecular complexity index is 880. The molecule has 27 heavy (non-hydrogen) atoms. The number of benzene rings is 2. The first-order valence-electron chi connectivity index (χ1n) is 8.38. The minimum Gasteiger partial charge on any atom is -0.378 e. The molecule has 138 valence electrons. The maximum Gasteiger partial charge on any atom is 0.266 e. The van der Waals surface area contributed by atoms with Gasteiger partial charge >= 0.3 is 0 Å². The molecule has 5 nitrogen and oxygen atoms in total. The van der Waals surface area contributed by atoms with Gasteiger partial charge in [-0.05, 0) is 42.5 Å². The normalized spacial score (nSPS) is 14.6. The van der Waals surface area contributed by atoms with Gasteiger partial charge in [-0.25, -0.2) is 4.39 Å². The van der Waals surface area contributed by atoms with Gasteiger partial charge in [-0.1, -0.05) is 17.7 Å². The van der Waals surface area contributed by atoms with Crippen LogP contribution in [0.15, 0.2) is 48.0 Å². The molecule has 0 aliphatic carbocycles. The summed E-state index contributed by atoms with van der Waals surface area (Å²) in [6.07, 6.45) is 1.15. The molecule has 7 heteroatoms. The third-order valence-corrected chi connectivity index (χ3v) is 4.48. The molecule has 0 atom stereocenters. The van der Waals surface area contributed by atoms with Gasteiger partial charge in [-0.15, -0.1) is 0 Å². The average molecular weight is 386 g/mol. The van der Waals surface area contributed by atoms with Gasteiger partial charge in [0.2, 0.25) is 0 Å². The van der Waals surface area contributed by atoms with Crippen LogP contribution in [-0.2, 0) is 9.53 Å². The monoisotopic (exact) mass is 385 g/mol. The van der Waals surface area contributed by atoms with Crippen LogP contribution in [0.2, 0.25) is 5.02 Å². The predicted octanol–water partition coefficient (Wildman–Crippen LogP) is 3.86. The third-order valence-electron chi connectivity index (χ3n) is 4.15. The number of rotatable bonds is 4. The summed E-state index contributed by atoms with van der Waals surface area (Å²) in [7, 11) is 0. The van der Waals surface area contributed by atoms with E-state index in [1.54, 1.807) is 18.2 Å². The van der Waals surface area contributed by atoms with Crippen molar-refractivity contribution < 1.29 is 13.9 Å². The molecule has 1 aliphatic rings. The fourth-order valence-electron chi connectivity index (χ4n) is 2.72. The zero-order valence-electron chi connectivity index (χ0n) is 14.4. The topological polar surface area (TPSA) is 65.4 Å². The van der Waals surface area contributed by atoms with Gasteiger partial charge in [0.15, 0.2) is 0 Å². The first kappa shape index (κ1) is 18.9. The van der Waals surface area contributed by atoms with Crippen molar-refractivity contribution in [2.24, 2.45) is 0 Å². The molecular formula is C20H17ClFN3O2. The summed E-state index contributed by atoms with van der Waals surface area (Å²) in [5.74, 6) is -1.23. The lowest BCUT2D eigenvalue weighted by atomic mass is 10.1. The molecule has 1 heterocycles. The van der Waals surface area contributed by atoms with Crippen molar-refractivity contribution in [1.29, 1.82) is 5.26 Å². The van der Waals surface area contributed by atoms with Gasteiger partial charge in [0.1, 0.15) is 17.5 Å². The zero-order valence-corrected chi connectivity index (χ0v) is 15.2. The number of amides is 1. The number of nitrogens with one attached hydrogen (secondary N) is 1. The summed E-state index contributed by atoms with van der Waals surface area (Å²) < 4.78 is 19.2. The zero-order chi connectivity index (χ0) is 19.2. The predicted molar refractivity (Wildman–Crippen MR) is 103 cm³/mol. The van der Waals surface area contributed by atoms with Crippen LogP contribution in [0.3, 0.4) is 0 Å². The van der Waals surface area contributed by atoms with Crippen molar-refractivity contribution in [3.05, 3.63) is 64.4 Å². The smallest absolute Gasteiger partial charge is 0.266 e. The lowest BCUT2D eigenvalue weighted by molar-refractivity contribution is -0.112. The number of ether oxygens (including phenoxy) is 1. The fraction of sp³-hybridized carbons (Fsp3) is 0.200. The molecule has 0 unspecified atom stereocenters. The molecule has 1 N–H and O–H groups in total. The Kier molecular flexibility index (Phi) is 6.07. The van der Waals surface area contributed by atoms with E-state index < -0.39 is 11.7 Å². The second-order valence-corrected chi connectivity index (χ2v) is 6.31. The Hall–Kier alpha value is -2.88. The highest BCUT2D eigenvalue weighted by Gasteiger charge is 2.14. The Morgan fingerprint density at radius 2 is 1.93 bits per heavy atom. The highest BCUT2D eigenvalue weighted by Crippen LogP contribution is 2.23. The first-order valence-corrected chi connectivity index (χ1v) is 8.76. The van der Waals surface area contributed by atoms with Crippen LogP contribution < -0.4 is 10.2 Å². The standard InChI is InChI=1S/C20H17ClFN3O2/c21-18-2-1-3-19(22)17(18)12-14(13-23)20(26)24-15-4-6-16(7-5-15)25-8-10-27-11-9-25/h1-7,12H,8-11H2,(H,24,26). The van der Waals surface area contributed by atoms with E-state index in [0.717, 1.165) is 24.9 Å². The molecule has 1 fully saturated rings. The van der Waals surface area contributed by atoms with E-state index in [9.17, 15) is 14.4 Å². The van der Waals surface area contributed by atoms with E-state index in [1.807, 2.05) is 12.1 Å². The minimum atomic E-state index is -0.629. The molecule has 1 saturated heterocycles. The number of halogens is 2. The average Bonchev–Trinajstić information content (AvgIpc) is 2.69. The Morgan fingerprint density at radius 1 is 1.22 bits per heavy atom. The summed E-state index contributed by atoms with van der Waals surface area (Å²) >= 11 is 5.95. The molecule has 2 aromatic rings. The highest BCUT2D eigenvalue weighted by atomic mass is 35.5. The molecule has 3 rings (SSSR count). The second kappa shape index (κ2) is 8.67. The number of nitriles is 1. The van der Waals surface area contributed by atoms with Gasteiger partial charge in [-0.2, -0.15) is 5.26 Å². The van der Waals surface area contributed by atoms with Gasteiger partial charge in [0.25, 0.3) is 5.91 Å². The number of hydrogen-bond donors (Lipinski definition) is 1. The number of morpholine rings is 1. The van der Waals surface area contributed by atoms with Crippen molar-refractivity contribution in [2.45, 2.75) is 0 Å². The molecule has 1 aliphatic heterocycles. The van der Waals surface area contributed by atoms with Crippen LogP contribution in [0.4, 0.5) is 15.8 Å². The van der Waals surface area contributed by atoms with Gasteiger partial charge in [0, 0.05) is 30.0 Å². The van der Waals surface area contributed by atoms with Gasteiger partial charge < -0.3 is 15.0 Å². The molecule has 0 aromatic heterocycles. The molecule has 1 amide bonds. The summed E-state index contributed by atoms with van der Waals surface area (Å²) in [4.78, 5) is 14.6. The molecule has 0 spiro atoms.